The quantitative estimate of drug-likeness (QED) is 0.842. The molecule has 144 valence electrons. The minimum atomic E-state index is -3.05. The lowest BCUT2D eigenvalue weighted by atomic mass is 10.1. The third-order valence-corrected chi connectivity index (χ3v) is 6.24. The lowest BCUT2D eigenvalue weighted by Gasteiger charge is -2.29. The third-order valence-electron chi connectivity index (χ3n) is 4.49. The van der Waals surface area contributed by atoms with Crippen molar-refractivity contribution in [3.63, 3.8) is 0 Å². The molecule has 2 heterocycles. The van der Waals surface area contributed by atoms with E-state index in [0.717, 1.165) is 12.1 Å². The van der Waals surface area contributed by atoms with Crippen LogP contribution in [0.2, 0.25) is 0 Å². The van der Waals surface area contributed by atoms with Crippen molar-refractivity contribution in [1.29, 1.82) is 0 Å². The Bertz CT molecular complexity index is 966. The Hall–Kier alpha value is -2.55. The van der Waals surface area contributed by atoms with E-state index in [1.54, 1.807) is 12.3 Å². The number of rotatable bonds is 5. The zero-order valence-corrected chi connectivity index (χ0v) is 15.5. The molecule has 2 aromatic rings. The van der Waals surface area contributed by atoms with E-state index in [9.17, 15) is 22.0 Å². The second-order valence-electron chi connectivity index (χ2n) is 6.35. The molecule has 0 spiro atoms. The molecule has 0 bridgehead atoms. The number of carbonyl (C=O) groups excluding carboxylic acids is 1. The van der Waals surface area contributed by atoms with Crippen LogP contribution in [0.1, 0.15) is 23.7 Å². The first-order chi connectivity index (χ1) is 12.8. The number of anilines is 2. The van der Waals surface area contributed by atoms with Gasteiger partial charge in [-0.3, -0.25) is 9.78 Å². The Morgan fingerprint density at radius 1 is 1.30 bits per heavy atom. The Balaban J connectivity index is 1.80. The minimum absolute atomic E-state index is 0.0675. The number of halogens is 2. The molecule has 9 heteroatoms. The van der Waals surface area contributed by atoms with Crippen molar-refractivity contribution in [3.05, 3.63) is 53.9 Å². The average molecular weight is 395 g/mol. The first-order valence-electron chi connectivity index (χ1n) is 8.47. The Labute approximate surface area is 156 Å². The normalized spacial score (nSPS) is 18.3. The van der Waals surface area contributed by atoms with Crippen molar-refractivity contribution < 1.29 is 22.0 Å². The molecule has 6 nitrogen and oxygen atoms in total. The Kier molecular flexibility index (Phi) is 5.41. The first kappa shape index (κ1) is 19.2. The summed E-state index contributed by atoms with van der Waals surface area (Å²) < 4.78 is 50.2. The van der Waals surface area contributed by atoms with Crippen LogP contribution in [0.25, 0.3) is 0 Å². The van der Waals surface area contributed by atoms with Crippen molar-refractivity contribution in [2.75, 3.05) is 28.3 Å². The summed E-state index contributed by atoms with van der Waals surface area (Å²) in [5, 5.41) is 2.39. The molecule has 3 rings (SSSR count). The molecule has 1 aliphatic heterocycles. The van der Waals surface area contributed by atoms with Gasteiger partial charge in [-0.25, -0.2) is 17.2 Å². The first-order valence-corrected chi connectivity index (χ1v) is 10.3. The highest BCUT2D eigenvalue weighted by Crippen LogP contribution is 2.25. The van der Waals surface area contributed by atoms with E-state index in [0.29, 0.717) is 24.7 Å². The molecule has 1 amide bonds. The average Bonchev–Trinajstić information content (AvgIpc) is 2.98. The predicted octanol–water partition coefficient (Wildman–Crippen LogP) is 2.63. The summed E-state index contributed by atoms with van der Waals surface area (Å²) >= 11 is 0. The number of benzene rings is 1. The van der Waals surface area contributed by atoms with Gasteiger partial charge in [-0.15, -0.1) is 0 Å². The fourth-order valence-corrected chi connectivity index (χ4v) is 4.90. The van der Waals surface area contributed by atoms with Gasteiger partial charge in [-0.05, 0) is 31.5 Å². The Morgan fingerprint density at radius 2 is 2.07 bits per heavy atom. The molecular formula is C18H19F2N3O3S. The highest BCUT2D eigenvalue weighted by atomic mass is 32.2. The molecule has 1 aromatic heterocycles. The van der Waals surface area contributed by atoms with Crippen LogP contribution in [0, 0.1) is 11.6 Å². The molecule has 1 fully saturated rings. The number of nitrogens with one attached hydrogen (secondary N) is 1. The van der Waals surface area contributed by atoms with Gasteiger partial charge in [0.15, 0.2) is 9.84 Å². The standard InChI is InChI=1S/C18H19F2N3O3S/c1-2-23(14-5-6-27(25,26)11-14)15-7-12(9-21-10-15)18(24)22-17-4-3-13(19)8-16(17)20/h3-4,7-10,14H,2,5-6,11H2,1H3,(H,22,24). The summed E-state index contributed by atoms with van der Waals surface area (Å²) in [5.41, 5.74) is 0.670. The number of hydrogen-bond acceptors (Lipinski definition) is 5. The zero-order valence-electron chi connectivity index (χ0n) is 14.7. The number of amides is 1. The number of aromatic nitrogens is 1. The zero-order chi connectivity index (χ0) is 19.6. The van der Waals surface area contributed by atoms with E-state index < -0.39 is 27.4 Å². The van der Waals surface area contributed by atoms with Crippen molar-refractivity contribution in [3.8, 4) is 0 Å². The molecule has 1 N–H and O–H groups in total. The van der Waals surface area contributed by atoms with Crippen LogP contribution >= 0.6 is 0 Å². The van der Waals surface area contributed by atoms with Crippen LogP contribution in [-0.4, -0.2) is 43.4 Å². The van der Waals surface area contributed by atoms with Gasteiger partial charge in [0.25, 0.3) is 5.91 Å². The third kappa shape index (κ3) is 4.41. The van der Waals surface area contributed by atoms with E-state index in [2.05, 4.69) is 10.3 Å². The maximum Gasteiger partial charge on any atom is 0.257 e. The summed E-state index contributed by atoms with van der Waals surface area (Å²) in [6.45, 7) is 2.45. The number of carbonyl (C=O) groups is 1. The minimum Gasteiger partial charge on any atom is -0.367 e. The van der Waals surface area contributed by atoms with Gasteiger partial charge in [-0.1, -0.05) is 0 Å². The maximum atomic E-state index is 13.7. The number of sulfone groups is 1. The van der Waals surface area contributed by atoms with Crippen molar-refractivity contribution >= 4 is 27.1 Å². The van der Waals surface area contributed by atoms with Gasteiger partial charge < -0.3 is 10.2 Å². The molecule has 1 atom stereocenters. The van der Waals surface area contributed by atoms with Gasteiger partial charge in [0.05, 0.1) is 34.6 Å². The summed E-state index contributed by atoms with van der Waals surface area (Å²) in [7, 11) is -3.05. The largest absolute Gasteiger partial charge is 0.367 e. The lowest BCUT2D eigenvalue weighted by Crippen LogP contribution is -2.36. The molecular weight excluding hydrogens is 376 g/mol. The molecule has 1 saturated heterocycles. The van der Waals surface area contributed by atoms with Gasteiger partial charge in [-0.2, -0.15) is 0 Å². The van der Waals surface area contributed by atoms with E-state index >= 15 is 0 Å². The highest BCUT2D eigenvalue weighted by molar-refractivity contribution is 7.91. The fraction of sp³-hybridized carbons (Fsp3) is 0.333. The van der Waals surface area contributed by atoms with Crippen LogP contribution in [0.3, 0.4) is 0 Å². The number of nitrogens with zero attached hydrogens (tertiary/aromatic N) is 2. The van der Waals surface area contributed by atoms with Crippen molar-refractivity contribution in [1.82, 2.24) is 4.98 Å². The molecule has 0 radical (unpaired) electrons. The fourth-order valence-electron chi connectivity index (χ4n) is 3.17. The van der Waals surface area contributed by atoms with Crippen molar-refractivity contribution in [2.45, 2.75) is 19.4 Å². The lowest BCUT2D eigenvalue weighted by molar-refractivity contribution is 0.102. The van der Waals surface area contributed by atoms with E-state index in [-0.39, 0.29) is 28.8 Å². The summed E-state index contributed by atoms with van der Waals surface area (Å²) in [4.78, 5) is 18.4. The van der Waals surface area contributed by atoms with Crippen LogP contribution in [-0.2, 0) is 9.84 Å². The highest BCUT2D eigenvalue weighted by Gasteiger charge is 2.32. The number of hydrogen-bond donors (Lipinski definition) is 1. The van der Waals surface area contributed by atoms with Gasteiger partial charge in [0, 0.05) is 24.8 Å². The van der Waals surface area contributed by atoms with Gasteiger partial charge >= 0.3 is 0 Å². The second kappa shape index (κ2) is 7.59. The summed E-state index contributed by atoms with van der Waals surface area (Å²) in [6, 6.07) is 4.28. The van der Waals surface area contributed by atoms with E-state index in [1.807, 2.05) is 11.8 Å². The van der Waals surface area contributed by atoms with Crippen LogP contribution in [0.5, 0.6) is 0 Å². The smallest absolute Gasteiger partial charge is 0.257 e. The molecule has 0 aliphatic carbocycles. The number of pyridine rings is 1. The van der Waals surface area contributed by atoms with Crippen molar-refractivity contribution in [2.24, 2.45) is 0 Å². The van der Waals surface area contributed by atoms with Crippen LogP contribution < -0.4 is 10.2 Å². The molecule has 27 heavy (non-hydrogen) atoms. The van der Waals surface area contributed by atoms with Gasteiger partial charge in [0.2, 0.25) is 0 Å². The predicted molar refractivity (Wildman–Crippen MR) is 98.6 cm³/mol. The van der Waals surface area contributed by atoms with E-state index in [1.165, 1.54) is 6.20 Å². The summed E-state index contributed by atoms with van der Waals surface area (Å²) in [6.07, 6.45) is 3.41. The second-order valence-corrected chi connectivity index (χ2v) is 8.58. The monoisotopic (exact) mass is 395 g/mol. The molecule has 1 unspecified atom stereocenters. The topological polar surface area (TPSA) is 79.4 Å². The van der Waals surface area contributed by atoms with Crippen LogP contribution in [0.15, 0.2) is 36.7 Å². The maximum absolute atomic E-state index is 13.7. The van der Waals surface area contributed by atoms with Gasteiger partial charge in [0.1, 0.15) is 11.6 Å². The SMILES string of the molecule is CCN(c1cncc(C(=O)Nc2ccc(F)cc2F)c1)C1CCS(=O)(=O)C1. The Morgan fingerprint density at radius 3 is 2.70 bits per heavy atom. The molecule has 1 aliphatic rings. The van der Waals surface area contributed by atoms with E-state index in [4.69, 9.17) is 0 Å². The van der Waals surface area contributed by atoms with Crippen LogP contribution in [0.4, 0.5) is 20.2 Å². The molecule has 1 aromatic carbocycles. The summed E-state index contributed by atoms with van der Waals surface area (Å²) in [5.74, 6) is -1.99. The molecule has 0 saturated carbocycles.